The Morgan fingerprint density at radius 1 is 1.29 bits per heavy atom. The van der Waals surface area contributed by atoms with Crippen LogP contribution in [0.15, 0.2) is 34.7 Å². The van der Waals surface area contributed by atoms with E-state index in [2.05, 4.69) is 0 Å². The predicted octanol–water partition coefficient (Wildman–Crippen LogP) is 3.00. The monoisotopic (exact) mass is 295 g/mol. The number of rotatable bonds is 3. The van der Waals surface area contributed by atoms with Crippen LogP contribution in [0.5, 0.6) is 0 Å². The van der Waals surface area contributed by atoms with Crippen LogP contribution in [-0.4, -0.2) is 24.0 Å². The maximum absolute atomic E-state index is 13.8. The molecular formula is C16H29BFN2O. The topological polar surface area (TPSA) is 72.3 Å². The van der Waals surface area contributed by atoms with Gasteiger partial charge in [-0.15, -0.1) is 0 Å². The van der Waals surface area contributed by atoms with Crippen LogP contribution < -0.4 is 11.5 Å². The fraction of sp³-hybridized carbons (Fsp3) is 0.625. The van der Waals surface area contributed by atoms with E-state index >= 15 is 0 Å². The van der Waals surface area contributed by atoms with Gasteiger partial charge in [0, 0.05) is 0 Å². The minimum atomic E-state index is -0.943. The quantitative estimate of drug-likeness (QED) is 0.701. The SMILES string of the molecule is CC.CC1=C([B]C(C)(C)C(C)(C)O)/C(=C/N)C(N)C=C1F. The van der Waals surface area contributed by atoms with Gasteiger partial charge in [-0.2, -0.15) is 0 Å². The Kier molecular flexibility index (Phi) is 6.91. The Hall–Kier alpha value is -1.07. The summed E-state index contributed by atoms with van der Waals surface area (Å²) in [5, 5.41) is 9.66. The van der Waals surface area contributed by atoms with Crippen molar-refractivity contribution in [1.82, 2.24) is 0 Å². The average molecular weight is 295 g/mol. The van der Waals surface area contributed by atoms with Crippen LogP contribution >= 0.6 is 0 Å². The first-order chi connectivity index (χ1) is 9.51. The Balaban J connectivity index is 0.00000191. The van der Waals surface area contributed by atoms with Crippen molar-refractivity contribution >= 4 is 7.28 Å². The van der Waals surface area contributed by atoms with E-state index in [0.29, 0.717) is 16.6 Å². The molecule has 0 bridgehead atoms. The summed E-state index contributed by atoms with van der Waals surface area (Å²) in [6, 6.07) is -0.558. The highest BCUT2D eigenvalue weighted by Gasteiger charge is 2.38. The second-order valence-corrected chi connectivity index (χ2v) is 6.13. The Labute approximate surface area is 129 Å². The first-order valence-corrected chi connectivity index (χ1v) is 7.36. The number of hydrogen-bond acceptors (Lipinski definition) is 3. The maximum atomic E-state index is 13.8. The van der Waals surface area contributed by atoms with Crippen molar-refractivity contribution in [1.29, 1.82) is 0 Å². The van der Waals surface area contributed by atoms with Crippen molar-refractivity contribution in [2.24, 2.45) is 11.5 Å². The van der Waals surface area contributed by atoms with Gasteiger partial charge in [-0.3, -0.25) is 0 Å². The van der Waals surface area contributed by atoms with E-state index in [1.165, 1.54) is 12.3 Å². The van der Waals surface area contributed by atoms with Gasteiger partial charge in [-0.1, -0.05) is 33.2 Å². The third kappa shape index (κ3) is 4.45. The van der Waals surface area contributed by atoms with E-state index in [0.717, 1.165) is 0 Å². The largest absolute Gasteiger partial charge is 0.404 e. The summed E-state index contributed by atoms with van der Waals surface area (Å²) in [4.78, 5) is 0. The van der Waals surface area contributed by atoms with Gasteiger partial charge in [-0.25, -0.2) is 4.39 Å². The lowest BCUT2D eigenvalue weighted by molar-refractivity contribution is 0.0408. The maximum Gasteiger partial charge on any atom is 0.162 e. The van der Waals surface area contributed by atoms with Crippen LogP contribution in [0.25, 0.3) is 0 Å². The Morgan fingerprint density at radius 3 is 2.14 bits per heavy atom. The lowest BCUT2D eigenvalue weighted by Crippen LogP contribution is -2.40. The van der Waals surface area contributed by atoms with Gasteiger partial charge in [0.1, 0.15) is 5.83 Å². The average Bonchev–Trinajstić information content (AvgIpc) is 2.37. The molecule has 0 fully saturated rings. The van der Waals surface area contributed by atoms with Gasteiger partial charge in [0.25, 0.3) is 0 Å². The van der Waals surface area contributed by atoms with Gasteiger partial charge in [0.15, 0.2) is 7.28 Å². The van der Waals surface area contributed by atoms with Crippen molar-refractivity contribution in [3.05, 3.63) is 34.7 Å². The van der Waals surface area contributed by atoms with E-state index < -0.39 is 17.0 Å². The van der Waals surface area contributed by atoms with Crippen molar-refractivity contribution in [3.8, 4) is 0 Å². The molecule has 0 aliphatic heterocycles. The second kappa shape index (κ2) is 7.27. The molecule has 119 valence electrons. The number of aliphatic hydroxyl groups is 1. The van der Waals surface area contributed by atoms with Crippen LogP contribution in [0.3, 0.4) is 0 Å². The summed E-state index contributed by atoms with van der Waals surface area (Å²) in [6.07, 6.45) is 2.76. The molecule has 3 nitrogen and oxygen atoms in total. The highest BCUT2D eigenvalue weighted by Crippen LogP contribution is 2.41. The normalized spacial score (nSPS) is 21.7. The van der Waals surface area contributed by atoms with E-state index in [1.807, 2.05) is 35.0 Å². The first-order valence-electron chi connectivity index (χ1n) is 7.36. The third-order valence-corrected chi connectivity index (χ3v) is 4.02. The molecule has 0 aromatic rings. The van der Waals surface area contributed by atoms with Crippen molar-refractivity contribution in [2.75, 3.05) is 0 Å². The van der Waals surface area contributed by atoms with E-state index in [1.54, 1.807) is 20.8 Å². The van der Waals surface area contributed by atoms with E-state index in [4.69, 9.17) is 11.5 Å². The minimum Gasteiger partial charge on any atom is -0.404 e. The first kappa shape index (κ1) is 19.9. The fourth-order valence-electron chi connectivity index (χ4n) is 1.83. The summed E-state index contributed by atoms with van der Waals surface area (Å²) in [6.45, 7) is 12.9. The molecule has 5 N–H and O–H groups in total. The van der Waals surface area contributed by atoms with Crippen LogP contribution in [0, 0.1) is 0 Å². The van der Waals surface area contributed by atoms with Gasteiger partial charge in [0.2, 0.25) is 0 Å². The summed E-state index contributed by atoms with van der Waals surface area (Å²) in [5.41, 5.74) is 12.4. The van der Waals surface area contributed by atoms with Gasteiger partial charge in [0.05, 0.1) is 11.6 Å². The minimum absolute atomic E-state index is 0.337. The lowest BCUT2D eigenvalue weighted by atomic mass is 9.42. The smallest absolute Gasteiger partial charge is 0.162 e. The molecule has 0 saturated carbocycles. The van der Waals surface area contributed by atoms with Gasteiger partial charge < -0.3 is 16.6 Å². The molecule has 1 radical (unpaired) electrons. The molecule has 0 saturated heterocycles. The van der Waals surface area contributed by atoms with Crippen LogP contribution in [0.1, 0.15) is 48.5 Å². The zero-order valence-corrected chi connectivity index (χ0v) is 14.3. The fourth-order valence-corrected chi connectivity index (χ4v) is 1.83. The molecule has 0 amide bonds. The molecule has 5 heteroatoms. The number of allylic oxidation sites excluding steroid dienone is 2. The van der Waals surface area contributed by atoms with Crippen molar-refractivity contribution < 1.29 is 9.50 Å². The number of hydrogen-bond donors (Lipinski definition) is 3. The molecule has 0 aromatic heterocycles. The molecule has 1 unspecified atom stereocenters. The van der Waals surface area contributed by atoms with Crippen LogP contribution in [-0.2, 0) is 0 Å². The molecule has 21 heavy (non-hydrogen) atoms. The number of halogens is 1. The molecule has 1 atom stereocenters. The molecule has 0 spiro atoms. The highest BCUT2D eigenvalue weighted by atomic mass is 19.1. The Morgan fingerprint density at radius 2 is 1.76 bits per heavy atom. The molecule has 1 aliphatic rings. The molecule has 1 aliphatic carbocycles. The molecular weight excluding hydrogens is 266 g/mol. The third-order valence-electron chi connectivity index (χ3n) is 4.02. The van der Waals surface area contributed by atoms with Crippen LogP contribution in [0.4, 0.5) is 4.39 Å². The molecule has 0 aromatic carbocycles. The summed E-state index contributed by atoms with van der Waals surface area (Å²) in [5.74, 6) is -0.337. The van der Waals surface area contributed by atoms with Gasteiger partial charge in [-0.05, 0) is 49.5 Å². The predicted molar refractivity (Wildman–Crippen MR) is 89.6 cm³/mol. The summed E-state index contributed by atoms with van der Waals surface area (Å²) < 4.78 is 13.8. The van der Waals surface area contributed by atoms with E-state index in [9.17, 15) is 9.50 Å². The standard InChI is InChI=1S/C14H23BFN2O.C2H6/c1-8-10(16)6-11(18)9(7-17)12(8)15-13(2,3)14(4,5)19;1-2/h6-7,11,19H,17-18H2,1-5H3;1-2H3/b9-7+;. The van der Waals surface area contributed by atoms with Crippen molar-refractivity contribution in [2.45, 2.75) is 65.4 Å². The highest BCUT2D eigenvalue weighted by molar-refractivity contribution is 6.51. The Bertz CT molecular complexity index is 459. The lowest BCUT2D eigenvalue weighted by Gasteiger charge is -2.39. The van der Waals surface area contributed by atoms with Crippen molar-refractivity contribution in [3.63, 3.8) is 0 Å². The summed E-state index contributed by atoms with van der Waals surface area (Å²) in [7, 11) is 1.84. The van der Waals surface area contributed by atoms with Crippen LogP contribution in [0.2, 0.25) is 5.31 Å². The molecule has 1 rings (SSSR count). The van der Waals surface area contributed by atoms with Gasteiger partial charge >= 0.3 is 0 Å². The zero-order valence-electron chi connectivity index (χ0n) is 14.3. The molecule has 0 heterocycles. The van der Waals surface area contributed by atoms with E-state index in [-0.39, 0.29) is 5.83 Å². The second-order valence-electron chi connectivity index (χ2n) is 6.13. The summed E-state index contributed by atoms with van der Waals surface area (Å²) >= 11 is 0. The zero-order chi connectivity index (χ0) is 17.0. The number of nitrogens with two attached hydrogens (primary N) is 2.